The Balaban J connectivity index is 2.63. The van der Waals surface area contributed by atoms with Crippen molar-refractivity contribution in [1.82, 2.24) is 0 Å². The van der Waals surface area contributed by atoms with Gasteiger partial charge in [-0.05, 0) is 24.6 Å². The minimum Gasteiger partial charge on any atom is -0.319 e. The standard InChI is InChI=1S/C9H12FNS/c1-2-9(11)12-8-5-3-4-7(10)6-8/h3-6,9H,2,11H2,1H3. The van der Waals surface area contributed by atoms with Crippen molar-refractivity contribution in [1.29, 1.82) is 0 Å². The number of thioether (sulfide) groups is 1. The summed E-state index contributed by atoms with van der Waals surface area (Å²) < 4.78 is 12.7. The molecule has 1 unspecified atom stereocenters. The van der Waals surface area contributed by atoms with E-state index in [-0.39, 0.29) is 11.2 Å². The zero-order valence-electron chi connectivity index (χ0n) is 6.96. The van der Waals surface area contributed by atoms with Gasteiger partial charge in [-0.25, -0.2) is 4.39 Å². The molecule has 3 heteroatoms. The van der Waals surface area contributed by atoms with E-state index in [9.17, 15) is 4.39 Å². The van der Waals surface area contributed by atoms with Gasteiger partial charge in [0.05, 0.1) is 5.37 Å². The predicted octanol–water partition coefficient (Wildman–Crippen LogP) is 2.61. The van der Waals surface area contributed by atoms with Crippen molar-refractivity contribution < 1.29 is 4.39 Å². The molecule has 1 aromatic carbocycles. The molecule has 0 aromatic heterocycles. The van der Waals surface area contributed by atoms with Crippen LogP contribution in [0.1, 0.15) is 13.3 Å². The fourth-order valence-corrected chi connectivity index (χ4v) is 1.65. The number of halogens is 1. The van der Waals surface area contributed by atoms with Gasteiger partial charge in [-0.2, -0.15) is 0 Å². The quantitative estimate of drug-likeness (QED) is 0.578. The molecule has 12 heavy (non-hydrogen) atoms. The highest BCUT2D eigenvalue weighted by Crippen LogP contribution is 2.22. The van der Waals surface area contributed by atoms with Crippen LogP contribution in [0.4, 0.5) is 4.39 Å². The van der Waals surface area contributed by atoms with E-state index in [1.165, 1.54) is 23.9 Å². The minimum absolute atomic E-state index is 0.0619. The van der Waals surface area contributed by atoms with E-state index in [0.717, 1.165) is 11.3 Å². The molecule has 0 aliphatic carbocycles. The lowest BCUT2D eigenvalue weighted by Gasteiger charge is -2.07. The molecule has 0 amide bonds. The summed E-state index contributed by atoms with van der Waals surface area (Å²) in [6.45, 7) is 2.01. The maximum absolute atomic E-state index is 12.7. The van der Waals surface area contributed by atoms with Crippen LogP contribution in [0, 0.1) is 5.82 Å². The van der Waals surface area contributed by atoms with Gasteiger partial charge in [0.15, 0.2) is 0 Å². The summed E-state index contributed by atoms with van der Waals surface area (Å²) in [5.41, 5.74) is 5.70. The summed E-state index contributed by atoms with van der Waals surface area (Å²) in [5, 5.41) is 0.0619. The van der Waals surface area contributed by atoms with Crippen molar-refractivity contribution in [2.45, 2.75) is 23.6 Å². The van der Waals surface area contributed by atoms with E-state index in [0.29, 0.717) is 0 Å². The maximum Gasteiger partial charge on any atom is 0.124 e. The zero-order chi connectivity index (χ0) is 8.97. The zero-order valence-corrected chi connectivity index (χ0v) is 7.77. The predicted molar refractivity (Wildman–Crippen MR) is 50.5 cm³/mol. The van der Waals surface area contributed by atoms with Gasteiger partial charge in [-0.15, -0.1) is 11.8 Å². The second kappa shape index (κ2) is 4.48. The molecule has 1 atom stereocenters. The molecule has 0 radical (unpaired) electrons. The Labute approximate surface area is 76.2 Å². The molecule has 0 fully saturated rings. The molecule has 0 spiro atoms. The molecule has 0 bridgehead atoms. The second-order valence-corrected chi connectivity index (χ2v) is 3.83. The lowest BCUT2D eigenvalue weighted by atomic mass is 10.4. The van der Waals surface area contributed by atoms with Crippen LogP contribution >= 0.6 is 11.8 Å². The third-order valence-electron chi connectivity index (χ3n) is 1.49. The van der Waals surface area contributed by atoms with E-state index in [1.54, 1.807) is 6.07 Å². The largest absolute Gasteiger partial charge is 0.319 e. The summed E-state index contributed by atoms with van der Waals surface area (Å²) in [4.78, 5) is 0.893. The molecule has 0 aliphatic heterocycles. The summed E-state index contributed by atoms with van der Waals surface area (Å²) in [6.07, 6.45) is 0.890. The molecular formula is C9H12FNS. The highest BCUT2D eigenvalue weighted by molar-refractivity contribution is 7.99. The Morgan fingerprint density at radius 3 is 2.92 bits per heavy atom. The molecular weight excluding hydrogens is 173 g/mol. The molecule has 0 saturated carbocycles. The maximum atomic E-state index is 12.7. The second-order valence-electron chi connectivity index (χ2n) is 2.52. The molecule has 0 saturated heterocycles. The Bertz CT molecular complexity index is 252. The molecule has 2 N–H and O–H groups in total. The monoisotopic (exact) mass is 185 g/mol. The van der Waals surface area contributed by atoms with Gasteiger partial charge in [-0.3, -0.25) is 0 Å². The van der Waals surface area contributed by atoms with Crippen molar-refractivity contribution in [2.24, 2.45) is 5.73 Å². The van der Waals surface area contributed by atoms with Gasteiger partial charge in [-0.1, -0.05) is 13.0 Å². The fraction of sp³-hybridized carbons (Fsp3) is 0.333. The number of rotatable bonds is 3. The first-order chi connectivity index (χ1) is 5.72. The average molecular weight is 185 g/mol. The normalized spacial score (nSPS) is 12.9. The average Bonchev–Trinajstić information content (AvgIpc) is 2.04. The van der Waals surface area contributed by atoms with Gasteiger partial charge in [0, 0.05) is 4.90 Å². The van der Waals surface area contributed by atoms with Gasteiger partial charge in [0.1, 0.15) is 5.82 Å². The molecule has 0 heterocycles. The first-order valence-corrected chi connectivity index (χ1v) is 4.78. The molecule has 1 rings (SSSR count). The Morgan fingerprint density at radius 2 is 2.33 bits per heavy atom. The van der Waals surface area contributed by atoms with Crippen LogP contribution in [0.5, 0.6) is 0 Å². The van der Waals surface area contributed by atoms with E-state index >= 15 is 0 Å². The van der Waals surface area contributed by atoms with E-state index in [1.807, 2.05) is 13.0 Å². The summed E-state index contributed by atoms with van der Waals surface area (Å²) in [5.74, 6) is -0.205. The number of nitrogens with two attached hydrogens (primary N) is 1. The Morgan fingerprint density at radius 1 is 1.58 bits per heavy atom. The molecule has 0 aliphatic rings. The van der Waals surface area contributed by atoms with Gasteiger partial charge in [0.2, 0.25) is 0 Å². The summed E-state index contributed by atoms with van der Waals surface area (Å²) in [7, 11) is 0. The number of hydrogen-bond acceptors (Lipinski definition) is 2. The van der Waals surface area contributed by atoms with Crippen LogP contribution in [0.15, 0.2) is 29.2 Å². The highest BCUT2D eigenvalue weighted by Gasteiger charge is 2.01. The summed E-state index contributed by atoms with van der Waals surface area (Å²) in [6, 6.07) is 6.49. The third-order valence-corrected chi connectivity index (χ3v) is 2.65. The van der Waals surface area contributed by atoms with E-state index in [4.69, 9.17) is 5.73 Å². The van der Waals surface area contributed by atoms with Crippen LogP contribution < -0.4 is 5.73 Å². The van der Waals surface area contributed by atoms with Crippen LogP contribution in [-0.2, 0) is 0 Å². The van der Waals surface area contributed by atoms with Crippen molar-refractivity contribution in [2.75, 3.05) is 0 Å². The fourth-order valence-electron chi connectivity index (χ4n) is 0.798. The molecule has 1 nitrogen and oxygen atoms in total. The lowest BCUT2D eigenvalue weighted by molar-refractivity contribution is 0.624. The molecule has 66 valence electrons. The van der Waals surface area contributed by atoms with Crippen molar-refractivity contribution in [3.05, 3.63) is 30.1 Å². The minimum atomic E-state index is -0.205. The van der Waals surface area contributed by atoms with Crippen LogP contribution in [0.25, 0.3) is 0 Å². The molecule has 1 aromatic rings. The van der Waals surface area contributed by atoms with Crippen molar-refractivity contribution in [3.8, 4) is 0 Å². The topological polar surface area (TPSA) is 26.0 Å². The Kier molecular flexibility index (Phi) is 3.56. The van der Waals surface area contributed by atoms with Crippen LogP contribution in [0.3, 0.4) is 0 Å². The van der Waals surface area contributed by atoms with E-state index in [2.05, 4.69) is 0 Å². The van der Waals surface area contributed by atoms with Gasteiger partial charge < -0.3 is 5.73 Å². The lowest BCUT2D eigenvalue weighted by Crippen LogP contribution is -2.12. The van der Waals surface area contributed by atoms with Crippen LogP contribution in [-0.4, -0.2) is 5.37 Å². The highest BCUT2D eigenvalue weighted by atomic mass is 32.2. The Hall–Kier alpha value is -0.540. The third kappa shape index (κ3) is 2.83. The van der Waals surface area contributed by atoms with Gasteiger partial charge >= 0.3 is 0 Å². The first kappa shape index (κ1) is 9.55. The van der Waals surface area contributed by atoms with Crippen molar-refractivity contribution >= 4 is 11.8 Å². The van der Waals surface area contributed by atoms with Crippen molar-refractivity contribution in [3.63, 3.8) is 0 Å². The SMILES string of the molecule is CCC(N)Sc1cccc(F)c1. The van der Waals surface area contributed by atoms with E-state index < -0.39 is 0 Å². The van der Waals surface area contributed by atoms with Crippen LogP contribution in [0.2, 0.25) is 0 Å². The van der Waals surface area contributed by atoms with Gasteiger partial charge in [0.25, 0.3) is 0 Å². The first-order valence-electron chi connectivity index (χ1n) is 3.90. The number of hydrogen-bond donors (Lipinski definition) is 1. The summed E-state index contributed by atoms with van der Waals surface area (Å²) >= 11 is 1.50. The number of benzene rings is 1. The smallest absolute Gasteiger partial charge is 0.124 e.